The second-order valence-corrected chi connectivity index (χ2v) is 4.82. The molecule has 16 heavy (non-hydrogen) atoms. The summed E-state index contributed by atoms with van der Waals surface area (Å²) in [5.74, 6) is 0.770. The van der Waals surface area contributed by atoms with Crippen molar-refractivity contribution in [2.75, 3.05) is 13.1 Å². The van der Waals surface area contributed by atoms with E-state index in [0.717, 1.165) is 38.3 Å². The first-order valence-corrected chi connectivity index (χ1v) is 6.35. The molecule has 0 saturated heterocycles. The zero-order valence-corrected chi connectivity index (χ0v) is 9.78. The van der Waals surface area contributed by atoms with Crippen molar-refractivity contribution in [3.8, 4) is 0 Å². The Labute approximate surface area is 97.3 Å². The molecule has 3 nitrogen and oxygen atoms in total. The summed E-state index contributed by atoms with van der Waals surface area (Å²) < 4.78 is 0. The van der Waals surface area contributed by atoms with Crippen molar-refractivity contribution in [1.29, 1.82) is 0 Å². The van der Waals surface area contributed by atoms with Gasteiger partial charge < -0.3 is 15.4 Å². The molecular weight excluding hydrogens is 200 g/mol. The molecule has 0 aromatic carbocycles. The van der Waals surface area contributed by atoms with Crippen LogP contribution in [-0.4, -0.2) is 29.3 Å². The van der Waals surface area contributed by atoms with E-state index in [2.05, 4.69) is 16.4 Å². The number of aliphatic hydroxyl groups excluding tert-OH is 1. The Hall–Kier alpha value is -0.800. The molecule has 3 heteroatoms. The average Bonchev–Trinajstić information content (AvgIpc) is 2.80. The molecule has 1 aromatic rings. The fourth-order valence-corrected chi connectivity index (χ4v) is 2.40. The van der Waals surface area contributed by atoms with Crippen LogP contribution in [0.3, 0.4) is 0 Å². The summed E-state index contributed by atoms with van der Waals surface area (Å²) in [4.78, 5) is 3.21. The maximum absolute atomic E-state index is 9.40. The summed E-state index contributed by atoms with van der Waals surface area (Å²) in [5, 5.41) is 12.9. The van der Waals surface area contributed by atoms with Crippen molar-refractivity contribution in [1.82, 2.24) is 10.3 Å². The van der Waals surface area contributed by atoms with Gasteiger partial charge in [-0.3, -0.25) is 0 Å². The van der Waals surface area contributed by atoms with Crippen LogP contribution in [0.4, 0.5) is 0 Å². The maximum Gasteiger partial charge on any atom is 0.0540 e. The lowest BCUT2D eigenvalue weighted by Crippen LogP contribution is -2.29. The fourth-order valence-electron chi connectivity index (χ4n) is 2.40. The van der Waals surface area contributed by atoms with E-state index in [9.17, 15) is 5.11 Å². The second kappa shape index (κ2) is 6.06. The Kier molecular flexibility index (Phi) is 4.43. The van der Waals surface area contributed by atoms with Gasteiger partial charge in [0.25, 0.3) is 0 Å². The molecule has 2 rings (SSSR count). The summed E-state index contributed by atoms with van der Waals surface area (Å²) in [6.45, 7) is 2.15. The predicted octanol–water partition coefficient (Wildman–Crippen LogP) is 1.70. The second-order valence-electron chi connectivity index (χ2n) is 4.82. The normalized spacial score (nSPS) is 25.8. The third-order valence-corrected chi connectivity index (χ3v) is 3.48. The Bertz CT molecular complexity index is 276. The lowest BCUT2D eigenvalue weighted by molar-refractivity contribution is 0.108. The van der Waals surface area contributed by atoms with Gasteiger partial charge in [0.2, 0.25) is 0 Å². The molecule has 0 aliphatic heterocycles. The molecule has 0 unspecified atom stereocenters. The molecule has 0 atom stereocenters. The first-order chi connectivity index (χ1) is 7.84. The lowest BCUT2D eigenvalue weighted by atomic mass is 9.87. The van der Waals surface area contributed by atoms with Crippen LogP contribution in [0.1, 0.15) is 31.4 Å². The topological polar surface area (TPSA) is 48.0 Å². The molecule has 0 bridgehead atoms. The predicted molar refractivity (Wildman–Crippen MR) is 65.3 cm³/mol. The molecule has 1 aromatic heterocycles. The van der Waals surface area contributed by atoms with E-state index in [1.165, 1.54) is 18.5 Å². The summed E-state index contributed by atoms with van der Waals surface area (Å²) in [5.41, 5.74) is 1.30. The van der Waals surface area contributed by atoms with Crippen molar-refractivity contribution in [2.24, 2.45) is 5.92 Å². The van der Waals surface area contributed by atoms with Crippen molar-refractivity contribution in [3.63, 3.8) is 0 Å². The van der Waals surface area contributed by atoms with Gasteiger partial charge in [-0.15, -0.1) is 0 Å². The molecule has 0 spiro atoms. The highest BCUT2D eigenvalue weighted by atomic mass is 16.3. The number of H-pyrrole nitrogens is 1. The van der Waals surface area contributed by atoms with Gasteiger partial charge in [-0.25, -0.2) is 0 Å². The lowest BCUT2D eigenvalue weighted by Gasteiger charge is -2.25. The molecule has 1 heterocycles. The van der Waals surface area contributed by atoms with Crippen LogP contribution >= 0.6 is 0 Å². The largest absolute Gasteiger partial charge is 0.393 e. The zero-order chi connectivity index (χ0) is 11.2. The minimum atomic E-state index is -0.0323. The van der Waals surface area contributed by atoms with E-state index in [1.807, 2.05) is 12.3 Å². The highest BCUT2D eigenvalue weighted by molar-refractivity contribution is 5.03. The van der Waals surface area contributed by atoms with Crippen molar-refractivity contribution in [2.45, 2.75) is 38.2 Å². The van der Waals surface area contributed by atoms with Crippen LogP contribution in [0.5, 0.6) is 0 Å². The number of aromatic amines is 1. The molecule has 3 N–H and O–H groups in total. The van der Waals surface area contributed by atoms with E-state index in [4.69, 9.17) is 0 Å². The van der Waals surface area contributed by atoms with Crippen molar-refractivity contribution >= 4 is 0 Å². The third-order valence-electron chi connectivity index (χ3n) is 3.48. The minimum absolute atomic E-state index is 0.0323. The standard InChI is InChI=1S/C13H22N2O/c16-13-5-3-11(4-6-13)10-14-9-7-12-2-1-8-15-12/h1-2,8,11,13-16H,3-7,9-10H2. The molecule has 90 valence electrons. The maximum atomic E-state index is 9.40. The number of rotatable bonds is 5. The molecule has 0 radical (unpaired) electrons. The number of hydrogen-bond donors (Lipinski definition) is 3. The van der Waals surface area contributed by atoms with E-state index >= 15 is 0 Å². The molecule has 1 fully saturated rings. The first kappa shape index (κ1) is 11.7. The first-order valence-electron chi connectivity index (χ1n) is 6.35. The van der Waals surface area contributed by atoms with Crippen LogP contribution in [0, 0.1) is 5.92 Å². The van der Waals surface area contributed by atoms with Gasteiger partial charge in [0.15, 0.2) is 0 Å². The average molecular weight is 222 g/mol. The van der Waals surface area contributed by atoms with Crippen LogP contribution in [0.25, 0.3) is 0 Å². The van der Waals surface area contributed by atoms with Gasteiger partial charge in [0.05, 0.1) is 6.10 Å². The highest BCUT2D eigenvalue weighted by Gasteiger charge is 2.18. The molecule has 1 aliphatic carbocycles. The van der Waals surface area contributed by atoms with Crippen LogP contribution < -0.4 is 5.32 Å². The third kappa shape index (κ3) is 3.65. The van der Waals surface area contributed by atoms with Gasteiger partial charge in [-0.2, -0.15) is 0 Å². The van der Waals surface area contributed by atoms with Gasteiger partial charge in [-0.05, 0) is 56.7 Å². The summed E-state index contributed by atoms with van der Waals surface area (Å²) >= 11 is 0. The molecule has 0 amide bonds. The van der Waals surface area contributed by atoms with Crippen LogP contribution in [0.15, 0.2) is 18.3 Å². The summed E-state index contributed by atoms with van der Waals surface area (Å²) in [6, 6.07) is 4.16. The quantitative estimate of drug-likeness (QED) is 0.664. The van der Waals surface area contributed by atoms with Crippen LogP contribution in [0.2, 0.25) is 0 Å². The minimum Gasteiger partial charge on any atom is -0.393 e. The SMILES string of the molecule is OC1CCC(CNCCc2ccc[nH]2)CC1. The van der Waals surface area contributed by atoms with E-state index in [-0.39, 0.29) is 6.10 Å². The Morgan fingerprint density at radius 1 is 1.31 bits per heavy atom. The summed E-state index contributed by atoms with van der Waals surface area (Å²) in [6.07, 6.45) is 7.34. The van der Waals surface area contributed by atoms with Crippen molar-refractivity contribution in [3.05, 3.63) is 24.0 Å². The number of aromatic nitrogens is 1. The Morgan fingerprint density at radius 2 is 2.12 bits per heavy atom. The Balaban J connectivity index is 1.55. The monoisotopic (exact) mass is 222 g/mol. The molecule has 1 saturated carbocycles. The fraction of sp³-hybridized carbons (Fsp3) is 0.692. The highest BCUT2D eigenvalue weighted by Crippen LogP contribution is 2.23. The number of nitrogens with one attached hydrogen (secondary N) is 2. The number of hydrogen-bond acceptors (Lipinski definition) is 2. The van der Waals surface area contributed by atoms with Gasteiger partial charge >= 0.3 is 0 Å². The van der Waals surface area contributed by atoms with E-state index in [1.54, 1.807) is 0 Å². The smallest absolute Gasteiger partial charge is 0.0540 e. The number of aliphatic hydroxyl groups is 1. The van der Waals surface area contributed by atoms with Crippen LogP contribution in [-0.2, 0) is 6.42 Å². The van der Waals surface area contributed by atoms with Crippen molar-refractivity contribution < 1.29 is 5.11 Å². The molecule has 1 aliphatic rings. The van der Waals surface area contributed by atoms with E-state index < -0.39 is 0 Å². The Morgan fingerprint density at radius 3 is 2.81 bits per heavy atom. The van der Waals surface area contributed by atoms with E-state index in [0.29, 0.717) is 0 Å². The molecular formula is C13H22N2O. The van der Waals surface area contributed by atoms with Gasteiger partial charge in [-0.1, -0.05) is 0 Å². The van der Waals surface area contributed by atoms with Gasteiger partial charge in [0.1, 0.15) is 0 Å². The van der Waals surface area contributed by atoms with Gasteiger partial charge in [0, 0.05) is 18.4 Å². The zero-order valence-electron chi connectivity index (χ0n) is 9.78. The summed E-state index contributed by atoms with van der Waals surface area (Å²) in [7, 11) is 0.